The van der Waals surface area contributed by atoms with Crippen molar-refractivity contribution in [2.24, 2.45) is 0 Å². The molecule has 3 nitrogen and oxygen atoms in total. The minimum absolute atomic E-state index is 0.276. The molecule has 1 N–H and O–H groups in total. The molecule has 0 saturated carbocycles. The SMILES string of the molecule is CCNC(c1ccccc1)C(C)n1nc(C)c(C)c1C. The number of nitrogens with one attached hydrogen (secondary N) is 1. The van der Waals surface area contributed by atoms with Gasteiger partial charge in [-0.15, -0.1) is 0 Å². The maximum atomic E-state index is 4.71. The van der Waals surface area contributed by atoms with E-state index in [-0.39, 0.29) is 12.1 Å². The molecule has 0 fully saturated rings. The van der Waals surface area contributed by atoms with Crippen molar-refractivity contribution in [3.63, 3.8) is 0 Å². The van der Waals surface area contributed by atoms with Crippen LogP contribution in [0, 0.1) is 20.8 Å². The van der Waals surface area contributed by atoms with E-state index in [4.69, 9.17) is 5.10 Å². The Kier molecular flexibility index (Phi) is 4.61. The molecule has 0 aliphatic carbocycles. The molecule has 0 radical (unpaired) electrons. The van der Waals surface area contributed by atoms with Crippen molar-refractivity contribution in [2.75, 3.05) is 6.54 Å². The van der Waals surface area contributed by atoms with Gasteiger partial charge < -0.3 is 5.32 Å². The fourth-order valence-electron chi connectivity index (χ4n) is 2.73. The Morgan fingerprint density at radius 2 is 1.80 bits per heavy atom. The lowest BCUT2D eigenvalue weighted by Crippen LogP contribution is -2.29. The Hall–Kier alpha value is -1.61. The number of rotatable bonds is 5. The Morgan fingerprint density at radius 1 is 1.15 bits per heavy atom. The number of nitrogens with zero attached hydrogens (tertiary/aromatic N) is 2. The minimum Gasteiger partial charge on any atom is -0.308 e. The maximum absolute atomic E-state index is 4.71. The number of aromatic nitrogens is 2. The summed E-state index contributed by atoms with van der Waals surface area (Å²) in [6, 6.07) is 11.2. The predicted octanol–water partition coefficient (Wildman–Crippen LogP) is 3.72. The Morgan fingerprint density at radius 3 is 2.30 bits per heavy atom. The zero-order chi connectivity index (χ0) is 14.7. The molecule has 2 aromatic rings. The Balaban J connectivity index is 2.36. The molecule has 0 amide bonds. The maximum Gasteiger partial charge on any atom is 0.0688 e. The predicted molar refractivity (Wildman–Crippen MR) is 84.0 cm³/mol. The number of hydrogen-bond donors (Lipinski definition) is 1. The highest BCUT2D eigenvalue weighted by atomic mass is 15.3. The van der Waals surface area contributed by atoms with Crippen molar-refractivity contribution in [3.8, 4) is 0 Å². The van der Waals surface area contributed by atoms with Gasteiger partial charge in [-0.2, -0.15) is 5.10 Å². The molecule has 0 aliphatic rings. The molecule has 2 unspecified atom stereocenters. The summed E-state index contributed by atoms with van der Waals surface area (Å²) < 4.78 is 2.16. The van der Waals surface area contributed by atoms with E-state index in [9.17, 15) is 0 Å². The normalized spacial score (nSPS) is 14.2. The van der Waals surface area contributed by atoms with Crippen LogP contribution in [0.3, 0.4) is 0 Å². The van der Waals surface area contributed by atoms with Gasteiger partial charge in [-0.25, -0.2) is 0 Å². The average Bonchev–Trinajstić information content (AvgIpc) is 2.73. The summed E-state index contributed by atoms with van der Waals surface area (Å²) in [7, 11) is 0. The number of benzene rings is 1. The standard InChI is InChI=1S/C17H25N3/c1-6-18-17(16-10-8-7-9-11-16)15(5)20-14(4)12(2)13(3)19-20/h7-11,15,17-18H,6H2,1-5H3. The monoisotopic (exact) mass is 271 g/mol. The van der Waals surface area contributed by atoms with E-state index < -0.39 is 0 Å². The van der Waals surface area contributed by atoms with E-state index in [1.54, 1.807) is 0 Å². The summed E-state index contributed by atoms with van der Waals surface area (Å²) in [5.41, 5.74) is 4.98. The first-order chi connectivity index (χ1) is 9.56. The molecule has 2 atom stereocenters. The summed E-state index contributed by atoms with van der Waals surface area (Å²) in [5, 5.41) is 8.31. The average molecular weight is 271 g/mol. The quantitative estimate of drug-likeness (QED) is 0.898. The lowest BCUT2D eigenvalue weighted by Gasteiger charge is -2.26. The molecule has 3 heteroatoms. The first-order valence-electron chi connectivity index (χ1n) is 7.36. The molecule has 2 rings (SSSR count). The van der Waals surface area contributed by atoms with Gasteiger partial charge in [-0.05, 0) is 45.4 Å². The first kappa shape index (κ1) is 14.8. The van der Waals surface area contributed by atoms with E-state index in [2.05, 4.69) is 74.9 Å². The molecule has 20 heavy (non-hydrogen) atoms. The van der Waals surface area contributed by atoms with Gasteiger partial charge in [0.15, 0.2) is 0 Å². The third-order valence-electron chi connectivity index (χ3n) is 4.14. The second-order valence-corrected chi connectivity index (χ2v) is 5.43. The van der Waals surface area contributed by atoms with Crippen LogP contribution in [0.1, 0.15) is 48.4 Å². The smallest absolute Gasteiger partial charge is 0.0688 e. The number of hydrogen-bond acceptors (Lipinski definition) is 2. The third kappa shape index (κ3) is 2.78. The largest absolute Gasteiger partial charge is 0.308 e. The minimum atomic E-state index is 0.276. The number of likely N-dealkylation sites (N-methyl/N-ethyl adjacent to an activating group) is 1. The van der Waals surface area contributed by atoms with E-state index in [1.165, 1.54) is 16.8 Å². The van der Waals surface area contributed by atoms with Gasteiger partial charge >= 0.3 is 0 Å². The molecular formula is C17H25N3. The summed E-state index contributed by atoms with van der Waals surface area (Å²) in [4.78, 5) is 0. The summed E-state index contributed by atoms with van der Waals surface area (Å²) >= 11 is 0. The topological polar surface area (TPSA) is 29.9 Å². The van der Waals surface area contributed by atoms with Gasteiger partial charge in [0.1, 0.15) is 0 Å². The number of aryl methyl sites for hydroxylation is 1. The van der Waals surface area contributed by atoms with Gasteiger partial charge in [0.25, 0.3) is 0 Å². The Labute approximate surface area is 122 Å². The fraction of sp³-hybridized carbons (Fsp3) is 0.471. The van der Waals surface area contributed by atoms with E-state index in [0.29, 0.717) is 0 Å². The highest BCUT2D eigenvalue weighted by Crippen LogP contribution is 2.28. The summed E-state index contributed by atoms with van der Waals surface area (Å²) in [6.45, 7) is 11.7. The lowest BCUT2D eigenvalue weighted by molar-refractivity contribution is 0.353. The van der Waals surface area contributed by atoms with Gasteiger partial charge in [-0.1, -0.05) is 37.3 Å². The fourth-order valence-corrected chi connectivity index (χ4v) is 2.73. The molecule has 1 aromatic heterocycles. The van der Waals surface area contributed by atoms with Crippen LogP contribution in [0.4, 0.5) is 0 Å². The Bertz CT molecular complexity index is 557. The van der Waals surface area contributed by atoms with Crippen LogP contribution in [-0.4, -0.2) is 16.3 Å². The molecule has 1 aromatic carbocycles. The zero-order valence-electron chi connectivity index (χ0n) is 13.1. The van der Waals surface area contributed by atoms with Gasteiger partial charge in [-0.3, -0.25) is 4.68 Å². The molecule has 0 aliphatic heterocycles. The summed E-state index contributed by atoms with van der Waals surface area (Å²) in [6.07, 6.45) is 0. The highest BCUT2D eigenvalue weighted by Gasteiger charge is 2.22. The van der Waals surface area contributed by atoms with E-state index in [1.807, 2.05) is 0 Å². The first-order valence-corrected chi connectivity index (χ1v) is 7.36. The van der Waals surface area contributed by atoms with E-state index in [0.717, 1.165) is 12.2 Å². The zero-order valence-corrected chi connectivity index (χ0v) is 13.1. The van der Waals surface area contributed by atoms with Gasteiger partial charge in [0, 0.05) is 5.69 Å². The van der Waals surface area contributed by atoms with Crippen LogP contribution in [0.5, 0.6) is 0 Å². The van der Waals surface area contributed by atoms with Crippen molar-refractivity contribution < 1.29 is 0 Å². The van der Waals surface area contributed by atoms with Crippen molar-refractivity contribution in [1.29, 1.82) is 0 Å². The van der Waals surface area contributed by atoms with Crippen molar-refractivity contribution in [3.05, 3.63) is 52.8 Å². The van der Waals surface area contributed by atoms with Crippen LogP contribution < -0.4 is 5.32 Å². The van der Waals surface area contributed by atoms with Crippen molar-refractivity contribution in [2.45, 2.75) is 46.7 Å². The molecule has 0 spiro atoms. The lowest BCUT2D eigenvalue weighted by atomic mass is 10.00. The van der Waals surface area contributed by atoms with Crippen LogP contribution in [0.25, 0.3) is 0 Å². The second kappa shape index (κ2) is 6.23. The van der Waals surface area contributed by atoms with Crippen molar-refractivity contribution in [1.82, 2.24) is 15.1 Å². The van der Waals surface area contributed by atoms with Crippen LogP contribution in [0.2, 0.25) is 0 Å². The molecule has 0 saturated heterocycles. The molecular weight excluding hydrogens is 246 g/mol. The van der Waals surface area contributed by atoms with Crippen molar-refractivity contribution >= 4 is 0 Å². The van der Waals surface area contributed by atoms with Gasteiger partial charge in [0.2, 0.25) is 0 Å². The van der Waals surface area contributed by atoms with E-state index >= 15 is 0 Å². The third-order valence-corrected chi connectivity index (χ3v) is 4.14. The van der Waals surface area contributed by atoms with Crippen LogP contribution in [0.15, 0.2) is 30.3 Å². The molecule has 1 heterocycles. The van der Waals surface area contributed by atoms with Crippen LogP contribution in [-0.2, 0) is 0 Å². The molecule has 108 valence electrons. The summed E-state index contributed by atoms with van der Waals surface area (Å²) in [5.74, 6) is 0. The molecule has 0 bridgehead atoms. The van der Waals surface area contributed by atoms with Crippen LogP contribution >= 0.6 is 0 Å². The highest BCUT2D eigenvalue weighted by molar-refractivity contribution is 5.25. The van der Waals surface area contributed by atoms with Gasteiger partial charge in [0.05, 0.1) is 17.8 Å². The second-order valence-electron chi connectivity index (χ2n) is 5.43.